The molecule has 0 N–H and O–H groups in total. The lowest BCUT2D eigenvalue weighted by Crippen LogP contribution is -2.46. The molecule has 24 nitrogen and oxygen atoms in total. The highest BCUT2D eigenvalue weighted by molar-refractivity contribution is 5.91. The zero-order chi connectivity index (χ0) is 69.9. The van der Waals surface area contributed by atoms with Crippen LogP contribution in [-0.2, 0) is 38.0 Å². The molecule has 0 amide bonds. The van der Waals surface area contributed by atoms with Gasteiger partial charge in [0.05, 0.1) is 56.2 Å². The SMILES string of the molecule is COC(=O)/C=C/C=C/[C@H]1[C@H]2[C@H](C=C(C)[C@H]1/C(C)=C/COC(=O)c1ccc([N+](=O)[O-])cc1)[C@@H](OC(=O)c1ccc([N+](=O)[O-])cc1)CC[C@@H]2C.COC(=O)/C=C/C=C/[C@H]1[C@H]2[C@H](C=C(C)[C@H]1/C(C)=C/COC(=O)c1ccc([N+](=O)[O-])cc1)[C@@H](OC(=O)c1ccc([N+](=O)[O-])cc1)CC[C@@H]2C. The number of hydrogen-bond acceptors (Lipinski definition) is 20. The molecule has 8 rings (SSSR count). The van der Waals surface area contributed by atoms with Crippen molar-refractivity contribution in [2.45, 2.75) is 79.4 Å². The number of esters is 6. The molecule has 4 aromatic rings. The summed E-state index contributed by atoms with van der Waals surface area (Å²) >= 11 is 0. The second-order valence-corrected chi connectivity index (χ2v) is 24.1. The number of rotatable bonds is 22. The summed E-state index contributed by atoms with van der Waals surface area (Å²) in [7, 11) is 2.60. The van der Waals surface area contributed by atoms with Crippen LogP contribution in [0.1, 0.15) is 109 Å². The molecule has 4 aliphatic rings. The van der Waals surface area contributed by atoms with Gasteiger partial charge >= 0.3 is 35.8 Å². The molecule has 4 aromatic carbocycles. The maximum atomic E-state index is 13.2. The summed E-state index contributed by atoms with van der Waals surface area (Å²) in [6.07, 6.45) is 23.7. The van der Waals surface area contributed by atoms with Gasteiger partial charge < -0.3 is 28.4 Å². The summed E-state index contributed by atoms with van der Waals surface area (Å²) in [6.45, 7) is 12.3. The fraction of sp³-hybridized carbons (Fsp3) is 0.361. The molecular formula is C72H76N4O20. The number of ether oxygens (including phenoxy) is 6. The van der Waals surface area contributed by atoms with Crippen molar-refractivity contribution in [3.05, 3.63) is 255 Å². The highest BCUT2D eigenvalue weighted by Crippen LogP contribution is 2.53. The number of carbonyl (C=O) groups is 6. The zero-order valence-corrected chi connectivity index (χ0v) is 54.3. The van der Waals surface area contributed by atoms with E-state index >= 15 is 0 Å². The first-order valence-electron chi connectivity index (χ1n) is 31.1. The molecule has 504 valence electrons. The maximum absolute atomic E-state index is 13.2. The predicted molar refractivity (Wildman–Crippen MR) is 352 cm³/mol. The van der Waals surface area contributed by atoms with Gasteiger partial charge in [0.2, 0.25) is 0 Å². The van der Waals surface area contributed by atoms with E-state index in [0.29, 0.717) is 12.8 Å². The van der Waals surface area contributed by atoms with Crippen molar-refractivity contribution in [3.63, 3.8) is 0 Å². The molecule has 24 heteroatoms. The Balaban J connectivity index is 0.000000271. The van der Waals surface area contributed by atoms with Crippen LogP contribution in [0.25, 0.3) is 0 Å². The van der Waals surface area contributed by atoms with Crippen molar-refractivity contribution in [2.24, 2.45) is 59.2 Å². The standard InChI is InChI=1S/2C36H38N2O10/c2*1-22-9-18-31(48-36(41)26-12-16-28(17-13-26)38(44)45)30-21-24(3)33(29(34(22)30)7-5-6-8-32(39)46-4)23(2)19-20-47-35(40)25-10-14-27(15-11-25)37(42)43/h2*5-8,10-17,19,21-22,29-31,33-34H,9,18,20H2,1-4H3/b2*7-5+,8-6+,23-19+/t2*22-,29+,30+,31-,33+,34-/m00/s1. The lowest BCUT2D eigenvalue weighted by atomic mass is 9.57. The van der Waals surface area contributed by atoms with E-state index in [2.05, 4.69) is 38.2 Å². The normalized spacial score (nSPS) is 24.0. The van der Waals surface area contributed by atoms with Crippen LogP contribution in [0.2, 0.25) is 0 Å². The van der Waals surface area contributed by atoms with Gasteiger partial charge in [0.1, 0.15) is 25.4 Å². The van der Waals surface area contributed by atoms with Gasteiger partial charge in [-0.05, 0) is 150 Å². The van der Waals surface area contributed by atoms with Gasteiger partial charge in [0, 0.05) is 84.4 Å². The number of methoxy groups -OCH3 is 2. The molecule has 0 unspecified atom stereocenters. The summed E-state index contributed by atoms with van der Waals surface area (Å²) in [4.78, 5) is 117. The average molecular weight is 1320 g/mol. The molecule has 4 aliphatic carbocycles. The van der Waals surface area contributed by atoms with E-state index in [1.165, 1.54) is 123 Å². The number of nitro benzene ring substituents is 4. The quantitative estimate of drug-likeness (QED) is 0.0134. The van der Waals surface area contributed by atoms with Crippen molar-refractivity contribution >= 4 is 58.6 Å². The number of nitro groups is 4. The van der Waals surface area contributed by atoms with Crippen LogP contribution < -0.4 is 0 Å². The number of non-ortho nitro benzene ring substituents is 4. The number of benzene rings is 4. The molecule has 0 saturated heterocycles. The van der Waals surface area contributed by atoms with Gasteiger partial charge in [-0.15, -0.1) is 0 Å². The Hall–Kier alpha value is -10.8. The fourth-order valence-electron chi connectivity index (χ4n) is 13.5. The fourth-order valence-corrected chi connectivity index (χ4v) is 13.5. The summed E-state index contributed by atoms with van der Waals surface area (Å²) in [5.41, 5.74) is 4.40. The molecule has 0 spiro atoms. The third-order valence-corrected chi connectivity index (χ3v) is 18.2. The first kappa shape index (κ1) is 72.6. The smallest absolute Gasteiger partial charge is 0.338 e. The molecule has 96 heavy (non-hydrogen) atoms. The summed E-state index contributed by atoms with van der Waals surface area (Å²) in [6, 6.07) is 21.1. The third-order valence-electron chi connectivity index (χ3n) is 18.2. The molecule has 0 aromatic heterocycles. The highest BCUT2D eigenvalue weighted by atomic mass is 16.6. The van der Waals surface area contributed by atoms with Crippen LogP contribution in [0.5, 0.6) is 0 Å². The number of allylic oxidation sites excluding steroid dienone is 10. The van der Waals surface area contributed by atoms with E-state index in [0.717, 1.165) is 35.1 Å². The van der Waals surface area contributed by atoms with Gasteiger partial charge in [-0.1, -0.05) is 84.7 Å². The topological polar surface area (TPSA) is 330 Å². The molecule has 12 atom stereocenters. The molecule has 2 fully saturated rings. The van der Waals surface area contributed by atoms with E-state index in [1.807, 2.05) is 52.0 Å². The summed E-state index contributed by atoms with van der Waals surface area (Å²) in [5, 5.41) is 44.0. The first-order chi connectivity index (χ1) is 45.8. The average Bonchev–Trinajstić information content (AvgIpc) is 0.766. The van der Waals surface area contributed by atoms with Gasteiger partial charge in [0.25, 0.3) is 22.7 Å². The lowest BCUT2D eigenvalue weighted by Gasteiger charge is -2.49. The second kappa shape index (κ2) is 33.9. The van der Waals surface area contributed by atoms with Crippen LogP contribution in [0.15, 0.2) is 192 Å². The molecule has 0 radical (unpaired) electrons. The maximum Gasteiger partial charge on any atom is 0.338 e. The van der Waals surface area contributed by atoms with Gasteiger partial charge in [-0.2, -0.15) is 0 Å². The minimum Gasteiger partial charge on any atom is -0.466 e. The monoisotopic (exact) mass is 1320 g/mol. The minimum absolute atomic E-state index is 0.0107. The largest absolute Gasteiger partial charge is 0.466 e. The van der Waals surface area contributed by atoms with Gasteiger partial charge in [-0.25, -0.2) is 28.8 Å². The zero-order valence-electron chi connectivity index (χ0n) is 54.3. The van der Waals surface area contributed by atoms with Crippen LogP contribution in [-0.4, -0.2) is 95.2 Å². The number of carbonyl (C=O) groups excluding carboxylic acids is 6. The van der Waals surface area contributed by atoms with E-state index in [1.54, 1.807) is 12.2 Å². The Kier molecular flexibility index (Phi) is 25.6. The van der Waals surface area contributed by atoms with E-state index in [-0.39, 0.29) is 117 Å². The Morgan fingerprint density at radius 2 is 0.740 bits per heavy atom. The summed E-state index contributed by atoms with van der Waals surface area (Å²) < 4.78 is 32.5. The van der Waals surface area contributed by atoms with E-state index < -0.39 is 67.7 Å². The molecule has 2 saturated carbocycles. The van der Waals surface area contributed by atoms with Gasteiger partial charge in [0.15, 0.2) is 0 Å². The van der Waals surface area contributed by atoms with E-state index in [4.69, 9.17) is 28.4 Å². The van der Waals surface area contributed by atoms with Crippen LogP contribution >= 0.6 is 0 Å². The predicted octanol–water partition coefficient (Wildman–Crippen LogP) is 13.9. The lowest BCUT2D eigenvalue weighted by molar-refractivity contribution is -0.385. The minimum atomic E-state index is -0.604. The second-order valence-electron chi connectivity index (χ2n) is 24.1. The Morgan fingerprint density at radius 3 is 1.02 bits per heavy atom. The first-order valence-corrected chi connectivity index (χ1v) is 31.1. The van der Waals surface area contributed by atoms with Crippen LogP contribution in [0, 0.1) is 99.6 Å². The Labute approximate surface area is 554 Å². The van der Waals surface area contributed by atoms with Crippen LogP contribution in [0.4, 0.5) is 22.7 Å². The summed E-state index contributed by atoms with van der Waals surface area (Å²) in [5.74, 6) is -3.19. The Bertz CT molecular complexity index is 3560. The van der Waals surface area contributed by atoms with Gasteiger partial charge in [-0.3, -0.25) is 40.5 Å². The number of hydrogen-bond donors (Lipinski definition) is 0. The molecule has 0 aliphatic heterocycles. The third kappa shape index (κ3) is 18.7. The number of fused-ring (bicyclic) bond motifs is 2. The molecule has 0 bridgehead atoms. The van der Waals surface area contributed by atoms with Crippen molar-refractivity contribution in [1.82, 2.24) is 0 Å². The van der Waals surface area contributed by atoms with Crippen molar-refractivity contribution in [1.29, 1.82) is 0 Å². The molecular weight excluding hydrogens is 1240 g/mol. The van der Waals surface area contributed by atoms with Crippen LogP contribution in [0.3, 0.4) is 0 Å². The van der Waals surface area contributed by atoms with Crippen molar-refractivity contribution in [2.75, 3.05) is 27.4 Å². The molecule has 0 heterocycles. The Morgan fingerprint density at radius 1 is 0.448 bits per heavy atom. The van der Waals surface area contributed by atoms with E-state index in [9.17, 15) is 69.2 Å². The van der Waals surface area contributed by atoms with Crippen molar-refractivity contribution in [3.8, 4) is 0 Å². The van der Waals surface area contributed by atoms with Crippen molar-refractivity contribution < 1.29 is 76.9 Å². The number of nitrogens with zero attached hydrogens (tertiary/aromatic N) is 4. The highest BCUT2D eigenvalue weighted by Gasteiger charge is 2.49.